The van der Waals surface area contributed by atoms with Gasteiger partial charge in [0.2, 0.25) is 11.8 Å². The highest BCUT2D eigenvalue weighted by Crippen LogP contribution is 2.30. The van der Waals surface area contributed by atoms with Gasteiger partial charge >= 0.3 is 6.09 Å². The van der Waals surface area contributed by atoms with Crippen molar-refractivity contribution in [1.29, 1.82) is 0 Å². The van der Waals surface area contributed by atoms with E-state index in [1.807, 2.05) is 12.1 Å². The van der Waals surface area contributed by atoms with Crippen LogP contribution in [0.4, 0.5) is 4.79 Å². The molecule has 9 heteroatoms. The topological polar surface area (TPSA) is 114 Å². The van der Waals surface area contributed by atoms with Crippen LogP contribution < -0.4 is 10.6 Å². The molecule has 1 aromatic carbocycles. The molecule has 2 N–H and O–H groups in total. The Morgan fingerprint density at radius 3 is 2.72 bits per heavy atom. The van der Waals surface area contributed by atoms with Crippen LogP contribution in [-0.2, 0) is 32.0 Å². The molecule has 0 bridgehead atoms. The van der Waals surface area contributed by atoms with Gasteiger partial charge in [0.25, 0.3) is 5.91 Å². The molecule has 1 unspecified atom stereocenters. The summed E-state index contributed by atoms with van der Waals surface area (Å²) in [6, 6.07) is 5.02. The Kier molecular flexibility index (Phi) is 7.50. The highest BCUT2D eigenvalue weighted by Gasteiger charge is 2.39. The van der Waals surface area contributed by atoms with Gasteiger partial charge in [-0.15, -0.1) is 0 Å². The number of hydrogen-bond acceptors (Lipinski definition) is 6. The van der Waals surface area contributed by atoms with Crippen molar-refractivity contribution < 1.29 is 28.7 Å². The summed E-state index contributed by atoms with van der Waals surface area (Å²) < 4.78 is 10.7. The van der Waals surface area contributed by atoms with Gasteiger partial charge in [-0.1, -0.05) is 12.1 Å². The molecule has 0 saturated carbocycles. The van der Waals surface area contributed by atoms with Crippen LogP contribution in [0.1, 0.15) is 61.5 Å². The lowest BCUT2D eigenvalue weighted by molar-refractivity contribution is -0.136. The predicted molar refractivity (Wildman–Crippen MR) is 116 cm³/mol. The number of amides is 4. The lowest BCUT2D eigenvalue weighted by atomic mass is 10.00. The summed E-state index contributed by atoms with van der Waals surface area (Å²) in [5.41, 5.74) is 2.08. The SMILES string of the molecule is CC(C)(C)OC(=O)NCCOCCCc1cccc2c1CN(C1CCC(=O)NC1=O)C2=O. The van der Waals surface area contributed by atoms with Gasteiger partial charge in [-0.3, -0.25) is 19.7 Å². The number of benzene rings is 1. The van der Waals surface area contributed by atoms with Gasteiger partial charge in [0.1, 0.15) is 11.6 Å². The molecule has 0 aliphatic carbocycles. The van der Waals surface area contributed by atoms with Gasteiger partial charge in [0.05, 0.1) is 6.61 Å². The quantitative estimate of drug-likeness (QED) is 0.467. The van der Waals surface area contributed by atoms with Crippen molar-refractivity contribution in [2.45, 2.75) is 64.6 Å². The Bertz CT molecular complexity index is 892. The lowest BCUT2D eigenvalue weighted by Gasteiger charge is -2.29. The zero-order chi connectivity index (χ0) is 23.3. The molecular weight excluding hydrogens is 414 g/mol. The van der Waals surface area contributed by atoms with Crippen molar-refractivity contribution >= 4 is 23.8 Å². The van der Waals surface area contributed by atoms with Crippen molar-refractivity contribution in [3.63, 3.8) is 0 Å². The number of ether oxygens (including phenoxy) is 2. The zero-order valence-corrected chi connectivity index (χ0v) is 18.9. The van der Waals surface area contributed by atoms with E-state index in [9.17, 15) is 19.2 Å². The number of fused-ring (bicyclic) bond motifs is 1. The van der Waals surface area contributed by atoms with Crippen LogP contribution in [0.15, 0.2) is 18.2 Å². The normalized spacial score (nSPS) is 18.4. The maximum absolute atomic E-state index is 12.9. The van der Waals surface area contributed by atoms with Crippen LogP contribution in [-0.4, -0.2) is 60.1 Å². The first-order valence-corrected chi connectivity index (χ1v) is 11.0. The van der Waals surface area contributed by atoms with Crippen molar-refractivity contribution in [2.24, 2.45) is 0 Å². The minimum atomic E-state index is -0.610. The molecule has 9 nitrogen and oxygen atoms in total. The van der Waals surface area contributed by atoms with E-state index in [0.717, 1.165) is 24.0 Å². The van der Waals surface area contributed by atoms with E-state index in [2.05, 4.69) is 10.6 Å². The first kappa shape index (κ1) is 23.7. The molecule has 174 valence electrons. The molecule has 1 aromatic rings. The van der Waals surface area contributed by atoms with E-state index in [4.69, 9.17) is 9.47 Å². The third-order valence-corrected chi connectivity index (χ3v) is 5.33. The molecule has 2 aliphatic heterocycles. The third-order valence-electron chi connectivity index (χ3n) is 5.33. The van der Waals surface area contributed by atoms with Crippen LogP contribution in [0.5, 0.6) is 0 Å². The number of nitrogens with one attached hydrogen (secondary N) is 2. The summed E-state index contributed by atoms with van der Waals surface area (Å²) in [5.74, 6) is -0.865. The molecular formula is C23H31N3O6. The van der Waals surface area contributed by atoms with Gasteiger partial charge in [-0.25, -0.2) is 4.79 Å². The summed E-state index contributed by atoms with van der Waals surface area (Å²) in [7, 11) is 0. The molecule has 0 aromatic heterocycles. The third kappa shape index (κ3) is 6.06. The smallest absolute Gasteiger partial charge is 0.407 e. The molecule has 2 heterocycles. The van der Waals surface area contributed by atoms with E-state index >= 15 is 0 Å². The van der Waals surface area contributed by atoms with Crippen LogP contribution >= 0.6 is 0 Å². The number of imide groups is 1. The summed E-state index contributed by atoms with van der Waals surface area (Å²) in [5, 5.41) is 4.97. The number of carbonyl (C=O) groups is 4. The molecule has 1 atom stereocenters. The molecule has 0 spiro atoms. The lowest BCUT2D eigenvalue weighted by Crippen LogP contribution is -2.52. The van der Waals surface area contributed by atoms with E-state index in [1.54, 1.807) is 31.7 Å². The molecule has 1 saturated heterocycles. The molecule has 4 amide bonds. The van der Waals surface area contributed by atoms with Gasteiger partial charge in [0, 0.05) is 31.7 Å². The predicted octanol–water partition coefficient (Wildman–Crippen LogP) is 1.92. The van der Waals surface area contributed by atoms with Crippen molar-refractivity contribution in [2.75, 3.05) is 19.8 Å². The Balaban J connectivity index is 1.44. The van der Waals surface area contributed by atoms with E-state index in [-0.39, 0.29) is 18.2 Å². The zero-order valence-electron chi connectivity index (χ0n) is 18.9. The second kappa shape index (κ2) is 10.1. The average Bonchev–Trinajstić information content (AvgIpc) is 3.03. The second-order valence-corrected chi connectivity index (χ2v) is 8.99. The van der Waals surface area contributed by atoms with E-state index in [0.29, 0.717) is 38.3 Å². The fourth-order valence-corrected chi connectivity index (χ4v) is 3.89. The van der Waals surface area contributed by atoms with Gasteiger partial charge in [0.15, 0.2) is 0 Å². The van der Waals surface area contributed by atoms with Crippen molar-refractivity contribution in [3.8, 4) is 0 Å². The van der Waals surface area contributed by atoms with E-state index in [1.165, 1.54) is 0 Å². The summed E-state index contributed by atoms with van der Waals surface area (Å²) in [4.78, 5) is 49.6. The second-order valence-electron chi connectivity index (χ2n) is 8.99. The van der Waals surface area contributed by atoms with Crippen molar-refractivity contribution in [1.82, 2.24) is 15.5 Å². The van der Waals surface area contributed by atoms with Crippen LogP contribution in [0.25, 0.3) is 0 Å². The van der Waals surface area contributed by atoms with Crippen LogP contribution in [0.2, 0.25) is 0 Å². The first-order chi connectivity index (χ1) is 15.2. The first-order valence-electron chi connectivity index (χ1n) is 11.0. The molecule has 0 radical (unpaired) electrons. The number of piperidine rings is 1. The van der Waals surface area contributed by atoms with Crippen LogP contribution in [0, 0.1) is 0 Å². The summed E-state index contributed by atoms with van der Waals surface area (Å²) >= 11 is 0. The van der Waals surface area contributed by atoms with Gasteiger partial charge in [-0.2, -0.15) is 0 Å². The number of carbonyl (C=O) groups excluding carboxylic acids is 4. The Morgan fingerprint density at radius 2 is 2.00 bits per heavy atom. The van der Waals surface area contributed by atoms with E-state index < -0.39 is 23.6 Å². The molecule has 3 rings (SSSR count). The van der Waals surface area contributed by atoms with Crippen molar-refractivity contribution in [3.05, 3.63) is 34.9 Å². The Morgan fingerprint density at radius 1 is 1.22 bits per heavy atom. The maximum atomic E-state index is 12.9. The number of hydrogen-bond donors (Lipinski definition) is 2. The molecule has 2 aliphatic rings. The standard InChI is InChI=1S/C23H31N3O6/c1-23(2,3)32-22(30)24-11-13-31-12-5-7-15-6-4-8-16-17(15)14-26(21(16)29)18-9-10-19(27)25-20(18)28/h4,6,8,18H,5,7,9-14H2,1-3H3,(H,24,30)(H,25,27,28). The van der Waals surface area contributed by atoms with Gasteiger partial charge in [-0.05, 0) is 57.2 Å². The molecule has 32 heavy (non-hydrogen) atoms. The fourth-order valence-electron chi connectivity index (χ4n) is 3.89. The minimum Gasteiger partial charge on any atom is -0.444 e. The number of aryl methyl sites for hydroxylation is 1. The van der Waals surface area contributed by atoms with Gasteiger partial charge < -0.3 is 19.7 Å². The average molecular weight is 446 g/mol. The largest absolute Gasteiger partial charge is 0.444 e. The minimum absolute atomic E-state index is 0.166. The monoisotopic (exact) mass is 445 g/mol. The summed E-state index contributed by atoms with van der Waals surface area (Å²) in [6.07, 6.45) is 1.62. The molecule has 1 fully saturated rings. The number of rotatable bonds is 8. The maximum Gasteiger partial charge on any atom is 0.407 e. The highest BCUT2D eigenvalue weighted by atomic mass is 16.6. The number of alkyl carbamates (subject to hydrolysis) is 1. The number of nitrogens with zero attached hydrogens (tertiary/aromatic N) is 1. The Labute approximate surface area is 187 Å². The Hall–Kier alpha value is -2.94. The highest BCUT2D eigenvalue weighted by molar-refractivity contribution is 6.05. The fraction of sp³-hybridized carbons (Fsp3) is 0.565. The van der Waals surface area contributed by atoms with Crippen LogP contribution in [0.3, 0.4) is 0 Å². The summed E-state index contributed by atoms with van der Waals surface area (Å²) in [6.45, 7) is 7.06.